The normalized spacial score (nSPS) is 43.1. The van der Waals surface area contributed by atoms with Crippen LogP contribution < -0.4 is 5.32 Å². The quantitative estimate of drug-likeness (QED) is 0.312. The molecule has 204 valence electrons. The molecule has 1 aromatic heterocycles. The number of carbonyl (C=O) groups is 3. The molecule has 1 aromatic carbocycles. The lowest BCUT2D eigenvalue weighted by Crippen LogP contribution is -2.58. The summed E-state index contributed by atoms with van der Waals surface area (Å²) in [6.07, 6.45) is 9.89. The minimum Gasteiger partial charge on any atom is -0.381 e. The summed E-state index contributed by atoms with van der Waals surface area (Å²) >= 11 is 0. The number of aliphatic hydroxyl groups is 1. The number of para-hydroxylation sites is 1. The van der Waals surface area contributed by atoms with Crippen molar-refractivity contribution in [3.05, 3.63) is 72.0 Å². The van der Waals surface area contributed by atoms with Gasteiger partial charge in [-0.2, -0.15) is 0 Å². The van der Waals surface area contributed by atoms with Gasteiger partial charge in [-0.15, -0.1) is 0 Å². The molecular formula is C32H36N2O5. The van der Waals surface area contributed by atoms with E-state index >= 15 is 0 Å². The number of fused-ring (bicyclic) bond motifs is 3. The van der Waals surface area contributed by atoms with E-state index in [4.69, 9.17) is 4.74 Å². The maximum absolute atomic E-state index is 14.2. The third-order valence-electron chi connectivity index (χ3n) is 9.86. The van der Waals surface area contributed by atoms with Crippen LogP contribution in [0.15, 0.2) is 66.4 Å². The van der Waals surface area contributed by atoms with Crippen molar-refractivity contribution in [2.24, 2.45) is 29.1 Å². The third kappa shape index (κ3) is 3.81. The number of allylic oxidation sites excluding steroid dienone is 3. The number of carbonyl (C=O) groups excluding carboxylic acids is 3. The number of ether oxygens (including phenoxy) is 1. The smallest absolute Gasteiger partial charge is 0.235 e. The average molecular weight is 529 g/mol. The molecule has 1 amide bonds. The lowest BCUT2D eigenvalue weighted by Gasteiger charge is -2.45. The molecule has 4 aliphatic rings. The topological polar surface area (TPSA) is 112 Å². The number of benzene rings is 1. The van der Waals surface area contributed by atoms with Gasteiger partial charge in [0.05, 0.1) is 11.7 Å². The van der Waals surface area contributed by atoms with Crippen LogP contribution >= 0.6 is 0 Å². The highest BCUT2D eigenvalue weighted by Gasteiger charge is 2.78. The number of aromatic nitrogens is 1. The number of ketones is 2. The molecule has 1 spiro atoms. The second-order valence-electron chi connectivity index (χ2n) is 12.1. The number of H-pyrrole nitrogens is 1. The first-order valence-electron chi connectivity index (χ1n) is 13.9. The summed E-state index contributed by atoms with van der Waals surface area (Å²) in [5.74, 6) is -2.11. The molecule has 39 heavy (non-hydrogen) atoms. The molecule has 7 nitrogen and oxygen atoms in total. The van der Waals surface area contributed by atoms with Gasteiger partial charge in [-0.05, 0) is 67.9 Å². The van der Waals surface area contributed by atoms with Crippen LogP contribution in [0.3, 0.4) is 0 Å². The number of hydrogen-bond donors (Lipinski definition) is 3. The molecule has 3 N–H and O–H groups in total. The molecule has 0 bridgehead atoms. The zero-order chi connectivity index (χ0) is 27.7. The molecule has 0 radical (unpaired) electrons. The predicted octanol–water partition coefficient (Wildman–Crippen LogP) is 3.83. The largest absolute Gasteiger partial charge is 0.381 e. The number of hydrogen-bond acceptors (Lipinski definition) is 5. The van der Waals surface area contributed by atoms with Gasteiger partial charge < -0.3 is 20.1 Å². The first-order valence-corrected chi connectivity index (χ1v) is 13.9. The molecule has 3 heterocycles. The molecule has 7 heteroatoms. The number of rotatable bonds is 2. The van der Waals surface area contributed by atoms with E-state index in [2.05, 4.69) is 30.2 Å². The van der Waals surface area contributed by atoms with Gasteiger partial charge in [0.15, 0.2) is 11.6 Å². The van der Waals surface area contributed by atoms with E-state index in [0.717, 1.165) is 22.5 Å². The maximum Gasteiger partial charge on any atom is 0.235 e. The van der Waals surface area contributed by atoms with Gasteiger partial charge in [-0.25, -0.2) is 0 Å². The van der Waals surface area contributed by atoms with Gasteiger partial charge in [-0.3, -0.25) is 14.4 Å². The Morgan fingerprint density at radius 2 is 1.90 bits per heavy atom. The zero-order valence-electron chi connectivity index (χ0n) is 22.8. The molecule has 9 atom stereocenters. The predicted molar refractivity (Wildman–Crippen MR) is 148 cm³/mol. The van der Waals surface area contributed by atoms with Crippen LogP contribution in [0.4, 0.5) is 0 Å². The van der Waals surface area contributed by atoms with E-state index in [1.807, 2.05) is 49.5 Å². The highest BCUT2D eigenvalue weighted by atomic mass is 16.6. The SMILES string of the molecule is C/C1=C/[C@@H](C)C/C=C\[C@H]2[C@@H]3O[C@]3(C)[C@@H](C)[C@H]3[C@H](Cc4c[nH]c5ccccc45)NC(=O)C32C(=O)/C=C\C(=O)[C@@H]1O. The monoisotopic (exact) mass is 528 g/mol. The second-order valence-corrected chi connectivity index (χ2v) is 12.1. The van der Waals surface area contributed by atoms with Crippen molar-refractivity contribution in [3.63, 3.8) is 0 Å². The first-order chi connectivity index (χ1) is 18.6. The molecule has 6 rings (SSSR count). The van der Waals surface area contributed by atoms with Crippen LogP contribution in [0, 0.1) is 29.1 Å². The first kappa shape index (κ1) is 26.0. The van der Waals surface area contributed by atoms with E-state index in [9.17, 15) is 19.5 Å². The minimum atomic E-state index is -1.41. The third-order valence-corrected chi connectivity index (χ3v) is 9.86. The van der Waals surface area contributed by atoms with Crippen LogP contribution in [-0.2, 0) is 25.5 Å². The van der Waals surface area contributed by atoms with Crippen LogP contribution in [0.5, 0.6) is 0 Å². The van der Waals surface area contributed by atoms with Crippen LogP contribution in [0.25, 0.3) is 10.9 Å². The fraction of sp³-hybridized carbons (Fsp3) is 0.469. The number of epoxide rings is 1. The lowest BCUT2D eigenvalue weighted by molar-refractivity contribution is -0.145. The summed E-state index contributed by atoms with van der Waals surface area (Å²) in [6.45, 7) is 7.90. The van der Waals surface area contributed by atoms with Crippen LogP contribution in [0.1, 0.15) is 39.7 Å². The van der Waals surface area contributed by atoms with Crippen molar-refractivity contribution in [2.45, 2.75) is 64.4 Å². The van der Waals surface area contributed by atoms with E-state index in [-0.39, 0.29) is 35.8 Å². The molecule has 2 aromatic rings. The zero-order valence-corrected chi connectivity index (χ0v) is 22.8. The fourth-order valence-electron chi connectivity index (χ4n) is 7.66. The van der Waals surface area contributed by atoms with Gasteiger partial charge in [0.1, 0.15) is 11.5 Å². The van der Waals surface area contributed by atoms with E-state index < -0.39 is 34.6 Å². The Kier molecular flexibility index (Phi) is 6.08. The Morgan fingerprint density at radius 1 is 1.13 bits per heavy atom. The number of nitrogens with one attached hydrogen (secondary N) is 2. The van der Waals surface area contributed by atoms with Crippen molar-refractivity contribution in [2.75, 3.05) is 0 Å². The molecule has 1 unspecified atom stereocenters. The average Bonchev–Trinajstić information content (AvgIpc) is 3.31. The van der Waals surface area contributed by atoms with E-state index in [1.54, 1.807) is 6.92 Å². The van der Waals surface area contributed by atoms with Crippen molar-refractivity contribution in [1.82, 2.24) is 10.3 Å². The van der Waals surface area contributed by atoms with Crippen molar-refractivity contribution in [3.8, 4) is 0 Å². The van der Waals surface area contributed by atoms with Crippen molar-refractivity contribution >= 4 is 28.4 Å². The van der Waals surface area contributed by atoms with Gasteiger partial charge in [0.2, 0.25) is 5.91 Å². The summed E-state index contributed by atoms with van der Waals surface area (Å²) in [5, 5.41) is 14.9. The number of amides is 1. The molecule has 2 aliphatic carbocycles. The van der Waals surface area contributed by atoms with Crippen LogP contribution in [-0.4, -0.2) is 51.4 Å². The Bertz CT molecular complexity index is 1450. The summed E-state index contributed by atoms with van der Waals surface area (Å²) in [4.78, 5) is 44.5. The van der Waals surface area contributed by atoms with Gasteiger partial charge in [0, 0.05) is 35.0 Å². The fourth-order valence-corrected chi connectivity index (χ4v) is 7.66. The molecule has 1 saturated carbocycles. The van der Waals surface area contributed by atoms with E-state index in [0.29, 0.717) is 18.4 Å². The van der Waals surface area contributed by atoms with Crippen molar-refractivity contribution in [1.29, 1.82) is 0 Å². The second kappa shape index (κ2) is 9.14. The molecule has 3 fully saturated rings. The molecule has 2 aliphatic heterocycles. The van der Waals surface area contributed by atoms with Gasteiger partial charge >= 0.3 is 0 Å². The van der Waals surface area contributed by atoms with E-state index in [1.165, 1.54) is 6.08 Å². The summed E-state index contributed by atoms with van der Waals surface area (Å²) in [6, 6.07) is 7.77. The Balaban J connectivity index is 1.46. The molecule has 2 saturated heterocycles. The highest BCUT2D eigenvalue weighted by molar-refractivity contribution is 6.15. The summed E-state index contributed by atoms with van der Waals surface area (Å²) in [7, 11) is 0. The van der Waals surface area contributed by atoms with Gasteiger partial charge in [0.25, 0.3) is 0 Å². The standard InChI is InChI=1S/C32H36N2O5/c1-17-8-7-10-22-29-31(4,39-29)19(3)27-24(15-20-16-33-23-11-6-5-9-21(20)23)34-30(38)32(22,27)26(36)13-12-25(35)28(37)18(2)14-17/h5-7,9-14,16-17,19,22,24,27-29,33,37H,8,15H2,1-4H3,(H,34,38)/b10-7-,13-12-,18-14-/t17-,19-,22-,24-,27-,28+,29-,31+,32?/m0/s1. The number of aromatic amines is 1. The highest BCUT2D eigenvalue weighted by Crippen LogP contribution is 2.66. The maximum atomic E-state index is 14.2. The summed E-state index contributed by atoms with van der Waals surface area (Å²) < 4.78 is 6.33. The Morgan fingerprint density at radius 3 is 2.69 bits per heavy atom. The minimum absolute atomic E-state index is 0.0666. The lowest BCUT2D eigenvalue weighted by atomic mass is 9.51. The molecular weight excluding hydrogens is 492 g/mol. The Labute approximate surface area is 228 Å². The van der Waals surface area contributed by atoms with Gasteiger partial charge in [-0.1, -0.05) is 50.3 Å². The van der Waals surface area contributed by atoms with Crippen LogP contribution in [0.2, 0.25) is 0 Å². The number of aliphatic hydroxyl groups excluding tert-OH is 1. The summed E-state index contributed by atoms with van der Waals surface area (Å²) in [5.41, 5.74) is 0.805. The Hall–Kier alpha value is -3.29. The van der Waals surface area contributed by atoms with Crippen molar-refractivity contribution < 1.29 is 24.2 Å².